The molecule has 0 unspecified atom stereocenters. The van der Waals surface area contributed by atoms with Crippen molar-refractivity contribution in [1.82, 2.24) is 4.98 Å². The molecule has 0 bridgehead atoms. The van der Waals surface area contributed by atoms with Crippen LogP contribution in [0.5, 0.6) is 0 Å². The molecule has 1 amide bonds. The lowest BCUT2D eigenvalue weighted by Gasteiger charge is -2.06. The number of esters is 1. The van der Waals surface area contributed by atoms with Crippen molar-refractivity contribution >= 4 is 23.3 Å². The number of amides is 1. The van der Waals surface area contributed by atoms with Gasteiger partial charge in [-0.25, -0.2) is 4.79 Å². The van der Waals surface area contributed by atoms with Crippen molar-refractivity contribution in [1.29, 1.82) is 5.26 Å². The van der Waals surface area contributed by atoms with Gasteiger partial charge < -0.3 is 15.0 Å². The van der Waals surface area contributed by atoms with Gasteiger partial charge in [-0.2, -0.15) is 5.26 Å². The van der Waals surface area contributed by atoms with E-state index in [1.54, 1.807) is 24.4 Å². The Morgan fingerprint density at radius 2 is 1.91 bits per heavy atom. The molecule has 0 spiro atoms. The van der Waals surface area contributed by atoms with Crippen LogP contribution >= 0.6 is 0 Å². The van der Waals surface area contributed by atoms with E-state index in [4.69, 9.17) is 10.00 Å². The molecule has 0 radical (unpaired) electrons. The first-order valence-corrected chi connectivity index (χ1v) is 6.70. The Kier molecular flexibility index (Phi) is 5.25. The standard InChI is InChI=1S/C16H13N3O4/c17-8-7-15(21)19-12-5-3-11(4-6-12)16(22)23-10-14(20)13-2-1-9-18-13/h1-6,9,18H,7,10H2,(H,19,21). The molecule has 7 nitrogen and oxygen atoms in total. The number of hydrogen-bond donors (Lipinski definition) is 2. The molecule has 0 fully saturated rings. The average molecular weight is 311 g/mol. The lowest BCUT2D eigenvalue weighted by molar-refractivity contribution is -0.115. The fraction of sp³-hybridized carbons (Fsp3) is 0.125. The minimum Gasteiger partial charge on any atom is -0.454 e. The largest absolute Gasteiger partial charge is 0.454 e. The molecular weight excluding hydrogens is 298 g/mol. The third-order valence-electron chi connectivity index (χ3n) is 2.88. The minimum atomic E-state index is -0.639. The molecule has 0 saturated heterocycles. The molecule has 0 saturated carbocycles. The van der Waals surface area contributed by atoms with Crippen LogP contribution in [0.3, 0.4) is 0 Å². The third kappa shape index (κ3) is 4.54. The molecule has 0 atom stereocenters. The molecule has 2 rings (SSSR count). The number of nitrogens with one attached hydrogen (secondary N) is 2. The summed E-state index contributed by atoms with van der Waals surface area (Å²) in [5, 5.41) is 10.9. The summed E-state index contributed by atoms with van der Waals surface area (Å²) in [4.78, 5) is 37.5. The molecule has 2 aromatic rings. The normalized spacial score (nSPS) is 9.70. The highest BCUT2D eigenvalue weighted by molar-refractivity contribution is 5.98. The van der Waals surface area contributed by atoms with Crippen LogP contribution in [0, 0.1) is 11.3 Å². The van der Waals surface area contributed by atoms with Gasteiger partial charge in [0.15, 0.2) is 6.61 Å². The molecule has 1 aromatic carbocycles. The number of Topliss-reactive ketones (excluding diaryl/α,β-unsaturated/α-hetero) is 1. The van der Waals surface area contributed by atoms with Gasteiger partial charge >= 0.3 is 5.97 Å². The van der Waals surface area contributed by atoms with Crippen molar-refractivity contribution in [3.05, 3.63) is 53.9 Å². The number of ketones is 1. The first-order chi connectivity index (χ1) is 11.1. The topological polar surface area (TPSA) is 112 Å². The predicted octanol–water partition coefficient (Wildman–Crippen LogP) is 1.91. The molecule has 1 aromatic heterocycles. The van der Waals surface area contributed by atoms with Gasteiger partial charge in [0, 0.05) is 11.9 Å². The summed E-state index contributed by atoms with van der Waals surface area (Å²) < 4.78 is 4.93. The lowest BCUT2D eigenvalue weighted by atomic mass is 10.2. The van der Waals surface area contributed by atoms with E-state index in [0.717, 1.165) is 0 Å². The SMILES string of the molecule is N#CCC(=O)Nc1ccc(C(=O)OCC(=O)c2ccc[nH]2)cc1. The number of benzene rings is 1. The van der Waals surface area contributed by atoms with E-state index in [0.29, 0.717) is 11.4 Å². The van der Waals surface area contributed by atoms with Crippen LogP contribution in [-0.4, -0.2) is 29.3 Å². The van der Waals surface area contributed by atoms with Gasteiger partial charge in [0.25, 0.3) is 0 Å². The summed E-state index contributed by atoms with van der Waals surface area (Å²) in [5.41, 5.74) is 1.08. The maximum Gasteiger partial charge on any atom is 0.338 e. The van der Waals surface area contributed by atoms with Crippen molar-refractivity contribution in [2.24, 2.45) is 0 Å². The molecule has 0 aliphatic carbocycles. The van der Waals surface area contributed by atoms with Crippen molar-refractivity contribution in [3.63, 3.8) is 0 Å². The number of carbonyl (C=O) groups is 3. The lowest BCUT2D eigenvalue weighted by Crippen LogP contribution is -2.15. The van der Waals surface area contributed by atoms with Crippen molar-refractivity contribution in [2.75, 3.05) is 11.9 Å². The van der Waals surface area contributed by atoms with E-state index >= 15 is 0 Å². The molecule has 0 aliphatic heterocycles. The summed E-state index contributed by atoms with van der Waals surface area (Å²) in [6, 6.07) is 11.0. The number of nitrogens with zero attached hydrogens (tertiary/aromatic N) is 1. The molecular formula is C16H13N3O4. The second kappa shape index (κ2) is 7.56. The Bertz CT molecular complexity index is 743. The summed E-state index contributed by atoms with van der Waals surface area (Å²) in [5.74, 6) is -1.40. The predicted molar refractivity (Wildman–Crippen MR) is 80.7 cm³/mol. The van der Waals surface area contributed by atoms with Gasteiger partial charge in [0.05, 0.1) is 17.3 Å². The Balaban J connectivity index is 1.89. The average Bonchev–Trinajstić information content (AvgIpc) is 3.07. The second-order valence-electron chi connectivity index (χ2n) is 4.54. The van der Waals surface area contributed by atoms with E-state index in [1.807, 2.05) is 0 Å². The first kappa shape index (κ1) is 16.0. The van der Waals surface area contributed by atoms with Crippen LogP contribution in [0.1, 0.15) is 27.3 Å². The first-order valence-electron chi connectivity index (χ1n) is 6.70. The van der Waals surface area contributed by atoms with Gasteiger partial charge in [-0.15, -0.1) is 0 Å². The van der Waals surface area contributed by atoms with Crippen LogP contribution < -0.4 is 5.32 Å². The maximum absolute atomic E-state index is 11.8. The molecule has 116 valence electrons. The Morgan fingerprint density at radius 3 is 2.52 bits per heavy atom. The molecule has 7 heteroatoms. The van der Waals surface area contributed by atoms with Crippen molar-refractivity contribution in [2.45, 2.75) is 6.42 Å². The zero-order valence-corrected chi connectivity index (χ0v) is 12.0. The Labute approximate surface area is 131 Å². The van der Waals surface area contributed by atoms with Crippen LogP contribution in [0.4, 0.5) is 5.69 Å². The van der Waals surface area contributed by atoms with Gasteiger partial charge in [0.2, 0.25) is 11.7 Å². The second-order valence-corrected chi connectivity index (χ2v) is 4.54. The number of aromatic amines is 1. The Hall–Kier alpha value is -3.40. The summed E-state index contributed by atoms with van der Waals surface area (Å²) >= 11 is 0. The maximum atomic E-state index is 11.8. The fourth-order valence-corrected chi connectivity index (χ4v) is 1.76. The van der Waals surface area contributed by atoms with Crippen LogP contribution in [0.25, 0.3) is 0 Å². The van der Waals surface area contributed by atoms with Crippen molar-refractivity contribution in [3.8, 4) is 6.07 Å². The number of hydrogen-bond acceptors (Lipinski definition) is 5. The number of carbonyl (C=O) groups excluding carboxylic acids is 3. The van der Waals surface area contributed by atoms with Gasteiger partial charge in [-0.3, -0.25) is 9.59 Å². The smallest absolute Gasteiger partial charge is 0.338 e. The van der Waals surface area contributed by atoms with Crippen LogP contribution in [-0.2, 0) is 9.53 Å². The number of H-pyrrole nitrogens is 1. The minimum absolute atomic E-state index is 0.245. The number of rotatable bonds is 6. The number of ether oxygens (including phenoxy) is 1. The highest BCUT2D eigenvalue weighted by atomic mass is 16.5. The van der Waals surface area contributed by atoms with E-state index < -0.39 is 11.9 Å². The van der Waals surface area contributed by atoms with Gasteiger partial charge in [-0.05, 0) is 36.4 Å². The third-order valence-corrected chi connectivity index (χ3v) is 2.88. The monoisotopic (exact) mass is 311 g/mol. The number of nitriles is 1. The van der Waals surface area contributed by atoms with Gasteiger partial charge in [-0.1, -0.05) is 0 Å². The molecule has 23 heavy (non-hydrogen) atoms. The van der Waals surface area contributed by atoms with E-state index in [1.165, 1.54) is 24.3 Å². The van der Waals surface area contributed by atoms with Crippen LogP contribution in [0.2, 0.25) is 0 Å². The van der Waals surface area contributed by atoms with E-state index in [-0.39, 0.29) is 24.4 Å². The van der Waals surface area contributed by atoms with Gasteiger partial charge in [0.1, 0.15) is 6.42 Å². The molecule has 2 N–H and O–H groups in total. The molecule has 1 heterocycles. The van der Waals surface area contributed by atoms with E-state index in [2.05, 4.69) is 10.3 Å². The molecule has 0 aliphatic rings. The number of anilines is 1. The van der Waals surface area contributed by atoms with Crippen LogP contribution in [0.15, 0.2) is 42.6 Å². The summed E-state index contributed by atoms with van der Waals surface area (Å²) in [6.45, 7) is -0.361. The summed E-state index contributed by atoms with van der Waals surface area (Å²) in [6.07, 6.45) is 1.36. The fourth-order valence-electron chi connectivity index (χ4n) is 1.76. The quantitative estimate of drug-likeness (QED) is 0.625. The summed E-state index contributed by atoms with van der Waals surface area (Å²) in [7, 11) is 0. The van der Waals surface area contributed by atoms with E-state index in [9.17, 15) is 14.4 Å². The zero-order valence-electron chi connectivity index (χ0n) is 12.0. The highest BCUT2D eigenvalue weighted by Gasteiger charge is 2.12. The van der Waals surface area contributed by atoms with Crippen molar-refractivity contribution < 1.29 is 19.1 Å². The Morgan fingerprint density at radius 1 is 1.17 bits per heavy atom. The highest BCUT2D eigenvalue weighted by Crippen LogP contribution is 2.11. The zero-order chi connectivity index (χ0) is 16.7. The number of aromatic nitrogens is 1.